The summed E-state index contributed by atoms with van der Waals surface area (Å²) in [6, 6.07) is 66.9. The predicted molar refractivity (Wildman–Crippen MR) is 267 cm³/mol. The number of methoxy groups -OCH3 is 2. The molecule has 9 aromatic carbocycles. The summed E-state index contributed by atoms with van der Waals surface area (Å²) in [6.45, 7) is -0.00384. The zero-order valence-electron chi connectivity index (χ0n) is 35.8. The standard InChI is InChI=1S/C58H48N2O4/c1-63-57-31-27-55(28-32-57)60(56-29-33-58(64-2)34-30-56)52-21-11-42(12-22-52)4-6-44-8-18-48-37-49-35-43(7-17-47(49)38-50(48)36-44)5-3-41-9-19-51(20-10-41)59(53-23-13-45(39-61)14-24-53)54-25-15-46(40-62)16-26-54/h3-38,61-62H,39-40H2,1-2H3. The summed E-state index contributed by atoms with van der Waals surface area (Å²) in [5.74, 6) is 1.63. The highest BCUT2D eigenvalue weighted by Gasteiger charge is 2.14. The highest BCUT2D eigenvalue weighted by molar-refractivity contribution is 6.00. The molecular formula is C58H48N2O4. The van der Waals surface area contributed by atoms with Gasteiger partial charge in [-0.15, -0.1) is 0 Å². The zero-order chi connectivity index (χ0) is 43.8. The van der Waals surface area contributed by atoms with Crippen LogP contribution in [0.2, 0.25) is 0 Å². The molecular weight excluding hydrogens is 789 g/mol. The lowest BCUT2D eigenvalue weighted by atomic mass is 9.99. The average Bonchev–Trinajstić information content (AvgIpc) is 3.36. The van der Waals surface area contributed by atoms with Gasteiger partial charge in [0.15, 0.2) is 0 Å². The van der Waals surface area contributed by atoms with E-state index in [2.05, 4.69) is 155 Å². The van der Waals surface area contributed by atoms with Gasteiger partial charge >= 0.3 is 0 Å². The van der Waals surface area contributed by atoms with Crippen molar-refractivity contribution in [1.82, 2.24) is 0 Å². The van der Waals surface area contributed by atoms with E-state index in [0.717, 1.165) is 79.0 Å². The van der Waals surface area contributed by atoms with Gasteiger partial charge < -0.3 is 29.5 Å². The largest absolute Gasteiger partial charge is 0.497 e. The molecule has 64 heavy (non-hydrogen) atoms. The van der Waals surface area contributed by atoms with Gasteiger partial charge in [0.1, 0.15) is 11.5 Å². The van der Waals surface area contributed by atoms with Gasteiger partial charge in [0.2, 0.25) is 0 Å². The molecule has 0 aromatic heterocycles. The van der Waals surface area contributed by atoms with Crippen LogP contribution in [-0.4, -0.2) is 24.4 Å². The van der Waals surface area contributed by atoms with E-state index in [1.165, 1.54) is 21.5 Å². The Balaban J connectivity index is 0.898. The summed E-state index contributed by atoms with van der Waals surface area (Å²) in [4.78, 5) is 4.39. The van der Waals surface area contributed by atoms with Crippen molar-refractivity contribution >= 4 is 80.0 Å². The van der Waals surface area contributed by atoms with Crippen LogP contribution in [0.15, 0.2) is 194 Å². The lowest BCUT2D eigenvalue weighted by Gasteiger charge is -2.26. The smallest absolute Gasteiger partial charge is 0.119 e. The Morgan fingerprint density at radius 1 is 0.328 bits per heavy atom. The number of fused-ring (bicyclic) bond motifs is 2. The van der Waals surface area contributed by atoms with E-state index in [-0.39, 0.29) is 13.2 Å². The molecule has 0 spiro atoms. The van der Waals surface area contributed by atoms with Crippen LogP contribution in [0.5, 0.6) is 11.5 Å². The van der Waals surface area contributed by atoms with Crippen molar-refractivity contribution in [2.24, 2.45) is 0 Å². The van der Waals surface area contributed by atoms with Gasteiger partial charge in [-0.3, -0.25) is 0 Å². The van der Waals surface area contributed by atoms with Crippen molar-refractivity contribution in [2.45, 2.75) is 13.2 Å². The van der Waals surface area contributed by atoms with Gasteiger partial charge in [0.05, 0.1) is 27.4 Å². The number of ether oxygens (including phenoxy) is 2. The van der Waals surface area contributed by atoms with Gasteiger partial charge in [-0.2, -0.15) is 0 Å². The third-order valence-electron chi connectivity index (χ3n) is 11.5. The maximum Gasteiger partial charge on any atom is 0.119 e. The van der Waals surface area contributed by atoms with Crippen LogP contribution in [0.4, 0.5) is 34.1 Å². The Labute approximate surface area is 374 Å². The Morgan fingerprint density at radius 3 is 0.922 bits per heavy atom. The third-order valence-corrected chi connectivity index (χ3v) is 11.5. The number of hydrogen-bond acceptors (Lipinski definition) is 6. The number of rotatable bonds is 14. The zero-order valence-corrected chi connectivity index (χ0v) is 35.8. The Hall–Kier alpha value is -7.90. The summed E-state index contributed by atoms with van der Waals surface area (Å²) in [5.41, 5.74) is 12.3. The third kappa shape index (κ3) is 9.30. The highest BCUT2D eigenvalue weighted by atomic mass is 16.5. The van der Waals surface area contributed by atoms with E-state index in [1.54, 1.807) is 14.2 Å². The minimum atomic E-state index is -0.00192. The van der Waals surface area contributed by atoms with Crippen LogP contribution in [0, 0.1) is 0 Å². The number of aliphatic hydroxyl groups excluding tert-OH is 2. The second-order valence-electron chi connectivity index (χ2n) is 15.6. The highest BCUT2D eigenvalue weighted by Crippen LogP contribution is 2.38. The lowest BCUT2D eigenvalue weighted by Crippen LogP contribution is -2.10. The maximum absolute atomic E-state index is 9.60. The molecule has 6 heteroatoms. The van der Waals surface area contributed by atoms with Crippen LogP contribution in [0.3, 0.4) is 0 Å². The topological polar surface area (TPSA) is 65.4 Å². The van der Waals surface area contributed by atoms with Crippen LogP contribution in [-0.2, 0) is 13.2 Å². The van der Waals surface area contributed by atoms with Gasteiger partial charge in [0.25, 0.3) is 0 Å². The van der Waals surface area contributed by atoms with Crippen molar-refractivity contribution in [3.05, 3.63) is 228 Å². The quantitative estimate of drug-likeness (QED) is 0.0840. The molecule has 9 rings (SSSR count). The molecule has 0 atom stereocenters. The molecule has 0 amide bonds. The number of nitrogens with zero attached hydrogens (tertiary/aromatic N) is 2. The summed E-state index contributed by atoms with van der Waals surface area (Å²) in [7, 11) is 3.36. The maximum atomic E-state index is 9.60. The first-order valence-electron chi connectivity index (χ1n) is 21.3. The van der Waals surface area contributed by atoms with Crippen molar-refractivity contribution in [2.75, 3.05) is 24.0 Å². The average molecular weight is 837 g/mol. The van der Waals surface area contributed by atoms with Crippen LogP contribution in [0.1, 0.15) is 33.4 Å². The summed E-state index contributed by atoms with van der Waals surface area (Å²) >= 11 is 0. The van der Waals surface area contributed by atoms with Crippen molar-refractivity contribution in [3.63, 3.8) is 0 Å². The molecule has 314 valence electrons. The molecule has 0 saturated carbocycles. The minimum absolute atomic E-state index is 0.00192. The second kappa shape index (κ2) is 19.0. The molecule has 9 aromatic rings. The SMILES string of the molecule is COc1ccc(N(c2ccc(C=Cc3ccc4cc5cc(C=Cc6ccc(N(c7ccc(CO)cc7)c7ccc(CO)cc7)cc6)ccc5cc4c3)cc2)c2ccc(OC)cc2)cc1. The molecule has 0 aliphatic heterocycles. The van der Waals surface area contributed by atoms with Crippen LogP contribution >= 0.6 is 0 Å². The summed E-state index contributed by atoms with van der Waals surface area (Å²) in [6.07, 6.45) is 8.64. The van der Waals surface area contributed by atoms with Crippen LogP contribution in [0.25, 0.3) is 45.8 Å². The van der Waals surface area contributed by atoms with Gasteiger partial charge in [-0.05, 0) is 176 Å². The van der Waals surface area contributed by atoms with Crippen molar-refractivity contribution in [1.29, 1.82) is 0 Å². The number of anilines is 6. The first-order chi connectivity index (χ1) is 31.5. The van der Waals surface area contributed by atoms with Crippen LogP contribution < -0.4 is 19.3 Å². The summed E-state index contributed by atoms with van der Waals surface area (Å²) in [5, 5.41) is 24.0. The van der Waals surface area contributed by atoms with Crippen molar-refractivity contribution in [3.8, 4) is 11.5 Å². The normalized spacial score (nSPS) is 11.4. The number of aliphatic hydroxyl groups is 2. The minimum Gasteiger partial charge on any atom is -0.497 e. The van der Waals surface area contributed by atoms with E-state index in [9.17, 15) is 10.2 Å². The molecule has 0 aliphatic rings. The van der Waals surface area contributed by atoms with Gasteiger partial charge in [0, 0.05) is 34.1 Å². The van der Waals surface area contributed by atoms with E-state index in [0.29, 0.717) is 0 Å². The Bertz CT molecular complexity index is 2740. The monoisotopic (exact) mass is 836 g/mol. The Kier molecular flexibility index (Phi) is 12.3. The molecule has 0 fully saturated rings. The molecule has 0 saturated heterocycles. The van der Waals surface area contributed by atoms with Gasteiger partial charge in [-0.1, -0.05) is 97.1 Å². The predicted octanol–water partition coefficient (Wildman–Crippen LogP) is 14.3. The number of benzene rings is 9. The number of hydrogen-bond donors (Lipinski definition) is 2. The second-order valence-corrected chi connectivity index (χ2v) is 15.6. The summed E-state index contributed by atoms with van der Waals surface area (Å²) < 4.78 is 10.8. The molecule has 0 heterocycles. The van der Waals surface area contributed by atoms with Gasteiger partial charge in [-0.25, -0.2) is 0 Å². The fourth-order valence-electron chi connectivity index (χ4n) is 7.95. The molecule has 2 N–H and O–H groups in total. The van der Waals surface area contributed by atoms with E-state index in [1.807, 2.05) is 72.8 Å². The first-order valence-corrected chi connectivity index (χ1v) is 21.3. The fraction of sp³-hybridized carbons (Fsp3) is 0.0690. The molecule has 0 bridgehead atoms. The molecule has 0 unspecified atom stereocenters. The fourth-order valence-corrected chi connectivity index (χ4v) is 7.95. The molecule has 6 nitrogen and oxygen atoms in total. The first kappa shape index (κ1) is 41.5. The molecule has 0 radical (unpaired) electrons. The Morgan fingerprint density at radius 2 is 0.609 bits per heavy atom. The van der Waals surface area contributed by atoms with E-state index >= 15 is 0 Å². The van der Waals surface area contributed by atoms with Crippen molar-refractivity contribution < 1.29 is 19.7 Å². The molecule has 0 aliphatic carbocycles. The van der Waals surface area contributed by atoms with E-state index < -0.39 is 0 Å². The van der Waals surface area contributed by atoms with E-state index in [4.69, 9.17) is 9.47 Å². The lowest BCUT2D eigenvalue weighted by molar-refractivity contribution is 0.281.